The lowest BCUT2D eigenvalue weighted by Crippen LogP contribution is -2.32. The molecule has 1 amide bonds. The number of hydrogen-bond donors (Lipinski definition) is 2. The number of thiophene rings is 1. The van der Waals surface area contributed by atoms with E-state index in [1.807, 2.05) is 24.3 Å². The molecule has 1 unspecified atom stereocenters. The smallest absolute Gasteiger partial charge is 0.296 e. The van der Waals surface area contributed by atoms with Crippen molar-refractivity contribution in [3.63, 3.8) is 0 Å². The second-order valence-corrected chi connectivity index (χ2v) is 10.2. The van der Waals surface area contributed by atoms with Crippen molar-refractivity contribution in [1.82, 2.24) is 9.97 Å². The zero-order chi connectivity index (χ0) is 24.2. The fourth-order valence-corrected chi connectivity index (χ4v) is 4.84. The van der Waals surface area contributed by atoms with Crippen LogP contribution in [0.25, 0.3) is 11.0 Å². The maximum absolute atomic E-state index is 13.7. The van der Waals surface area contributed by atoms with Crippen molar-refractivity contribution < 1.29 is 19.1 Å². The van der Waals surface area contributed by atoms with Crippen LogP contribution in [0.2, 0.25) is 0 Å². The van der Waals surface area contributed by atoms with Gasteiger partial charge in [0.1, 0.15) is 5.82 Å². The monoisotopic (exact) mass is 475 g/mol. The highest BCUT2D eigenvalue weighted by atomic mass is 32.1. The van der Waals surface area contributed by atoms with E-state index >= 15 is 0 Å². The van der Waals surface area contributed by atoms with Gasteiger partial charge in [0.25, 0.3) is 5.91 Å². The number of imidazole rings is 1. The Bertz CT molecular complexity index is 1450. The molecular weight excluding hydrogens is 453 g/mol. The summed E-state index contributed by atoms with van der Waals surface area (Å²) in [5, 5.41) is 12.6. The molecular formula is C26H22FN3O3S. The number of Topliss-reactive ketones (excluding diaryl/α,β-unsaturated/α-hetero) is 1. The molecule has 1 aliphatic heterocycles. The Morgan fingerprint density at radius 2 is 1.88 bits per heavy atom. The van der Waals surface area contributed by atoms with Crippen molar-refractivity contribution in [2.45, 2.75) is 32.2 Å². The van der Waals surface area contributed by atoms with E-state index in [0.29, 0.717) is 21.5 Å². The highest BCUT2D eigenvalue weighted by molar-refractivity contribution is 7.12. The number of H-pyrrole nitrogens is 1. The number of carbonyl (C=O) groups excluding carboxylic acids is 2. The molecule has 172 valence electrons. The van der Waals surface area contributed by atoms with E-state index in [1.54, 1.807) is 17.5 Å². The van der Waals surface area contributed by atoms with Crippen molar-refractivity contribution in [3.8, 4) is 0 Å². The zero-order valence-electron chi connectivity index (χ0n) is 18.8. The van der Waals surface area contributed by atoms with Crippen LogP contribution >= 0.6 is 11.3 Å². The number of nitrogens with zero attached hydrogens (tertiary/aromatic N) is 2. The molecule has 0 saturated heterocycles. The normalized spacial score (nSPS) is 16.6. The SMILES string of the molecule is CC(C)(C)c1ccc(C2C(C(=O)c3cccs3)=C(O)C(=O)N2c2nc3ccc(F)cc3[nH]2)cc1. The quantitative estimate of drug-likeness (QED) is 0.363. The molecule has 1 aliphatic rings. The number of nitrogens with one attached hydrogen (secondary N) is 1. The molecule has 4 aromatic rings. The minimum absolute atomic E-state index is 0.0115. The van der Waals surface area contributed by atoms with Gasteiger partial charge in [-0.2, -0.15) is 0 Å². The predicted octanol–water partition coefficient (Wildman–Crippen LogP) is 5.84. The molecule has 0 fully saturated rings. The van der Waals surface area contributed by atoms with Gasteiger partial charge in [0.2, 0.25) is 11.7 Å². The third-order valence-electron chi connectivity index (χ3n) is 5.95. The average molecular weight is 476 g/mol. The first-order valence-electron chi connectivity index (χ1n) is 10.8. The molecule has 8 heteroatoms. The molecule has 1 atom stereocenters. The van der Waals surface area contributed by atoms with E-state index in [9.17, 15) is 19.1 Å². The number of fused-ring (bicyclic) bond motifs is 1. The number of aliphatic hydroxyl groups is 1. The van der Waals surface area contributed by atoms with Gasteiger partial charge >= 0.3 is 0 Å². The summed E-state index contributed by atoms with van der Waals surface area (Å²) in [6.45, 7) is 6.29. The fraction of sp³-hybridized carbons (Fsp3) is 0.192. The molecule has 2 aromatic heterocycles. The Morgan fingerprint density at radius 3 is 2.53 bits per heavy atom. The van der Waals surface area contributed by atoms with Gasteiger partial charge in [-0.25, -0.2) is 9.37 Å². The first kappa shape index (κ1) is 22.0. The van der Waals surface area contributed by atoms with Crippen LogP contribution in [0.4, 0.5) is 10.3 Å². The number of aliphatic hydroxyl groups excluding tert-OH is 1. The Kier molecular flexibility index (Phi) is 5.13. The lowest BCUT2D eigenvalue weighted by Gasteiger charge is -2.26. The van der Waals surface area contributed by atoms with E-state index in [0.717, 1.165) is 5.56 Å². The lowest BCUT2D eigenvalue weighted by molar-refractivity contribution is -0.117. The number of ketones is 1. The van der Waals surface area contributed by atoms with Crippen molar-refractivity contribution in [2.24, 2.45) is 0 Å². The Morgan fingerprint density at radius 1 is 1.15 bits per heavy atom. The van der Waals surface area contributed by atoms with Crippen LogP contribution in [-0.4, -0.2) is 26.8 Å². The number of benzene rings is 2. The van der Waals surface area contributed by atoms with Crippen molar-refractivity contribution in [3.05, 3.63) is 93.1 Å². The number of halogens is 1. The molecule has 0 saturated carbocycles. The maximum Gasteiger partial charge on any atom is 0.296 e. The van der Waals surface area contributed by atoms with Gasteiger partial charge in [-0.1, -0.05) is 51.1 Å². The highest BCUT2D eigenvalue weighted by Crippen LogP contribution is 2.42. The van der Waals surface area contributed by atoms with E-state index in [-0.39, 0.29) is 16.9 Å². The number of aromatic amines is 1. The summed E-state index contributed by atoms with van der Waals surface area (Å²) in [6.07, 6.45) is 0. The summed E-state index contributed by atoms with van der Waals surface area (Å²) in [7, 11) is 0. The van der Waals surface area contributed by atoms with Gasteiger partial charge in [0, 0.05) is 0 Å². The molecule has 0 aliphatic carbocycles. The van der Waals surface area contributed by atoms with Gasteiger partial charge in [-0.3, -0.25) is 14.5 Å². The van der Waals surface area contributed by atoms with E-state index < -0.39 is 29.3 Å². The molecule has 34 heavy (non-hydrogen) atoms. The lowest BCUT2D eigenvalue weighted by atomic mass is 9.85. The van der Waals surface area contributed by atoms with Gasteiger partial charge < -0.3 is 10.1 Å². The van der Waals surface area contributed by atoms with Crippen LogP contribution in [0.5, 0.6) is 0 Å². The van der Waals surface area contributed by atoms with Gasteiger partial charge in [0.05, 0.1) is 27.5 Å². The molecule has 5 rings (SSSR count). The van der Waals surface area contributed by atoms with Crippen molar-refractivity contribution in [2.75, 3.05) is 4.90 Å². The van der Waals surface area contributed by atoms with Gasteiger partial charge in [-0.15, -0.1) is 11.3 Å². The van der Waals surface area contributed by atoms with Crippen LogP contribution < -0.4 is 4.90 Å². The van der Waals surface area contributed by atoms with Gasteiger partial charge in [0.15, 0.2) is 5.76 Å². The fourth-order valence-electron chi connectivity index (χ4n) is 4.16. The summed E-state index contributed by atoms with van der Waals surface area (Å²) < 4.78 is 13.7. The Labute approximate surface area is 199 Å². The van der Waals surface area contributed by atoms with Crippen LogP contribution in [0, 0.1) is 5.82 Å². The molecule has 3 heterocycles. The maximum atomic E-state index is 13.7. The van der Waals surface area contributed by atoms with E-state index in [1.165, 1.54) is 34.4 Å². The minimum atomic E-state index is -0.901. The van der Waals surface area contributed by atoms with Crippen LogP contribution in [0.3, 0.4) is 0 Å². The Hall–Kier alpha value is -3.78. The topological polar surface area (TPSA) is 86.3 Å². The number of carbonyl (C=O) groups is 2. The second-order valence-electron chi connectivity index (χ2n) is 9.24. The molecule has 2 aromatic carbocycles. The van der Waals surface area contributed by atoms with E-state index in [4.69, 9.17) is 0 Å². The van der Waals surface area contributed by atoms with Crippen LogP contribution in [0.15, 0.2) is 71.3 Å². The average Bonchev–Trinajstić information content (AvgIpc) is 3.52. The second kappa shape index (κ2) is 7.92. The minimum Gasteiger partial charge on any atom is -0.503 e. The molecule has 6 nitrogen and oxygen atoms in total. The van der Waals surface area contributed by atoms with Crippen LogP contribution in [-0.2, 0) is 10.2 Å². The third-order valence-corrected chi connectivity index (χ3v) is 6.82. The predicted molar refractivity (Wildman–Crippen MR) is 130 cm³/mol. The Balaban J connectivity index is 1.67. The van der Waals surface area contributed by atoms with Crippen LogP contribution in [0.1, 0.15) is 47.6 Å². The number of amides is 1. The zero-order valence-corrected chi connectivity index (χ0v) is 19.6. The molecule has 0 radical (unpaired) electrons. The standard InChI is InChI=1S/C26H22FN3O3S/c1-26(2,3)15-8-6-14(7-9-15)21-20(22(31)19-5-4-12-34-19)23(32)24(33)30(21)25-28-17-11-10-16(27)13-18(17)29-25/h4-13,21,32H,1-3H3,(H,28,29). The van der Waals surface area contributed by atoms with E-state index in [2.05, 4.69) is 30.7 Å². The molecule has 2 N–H and O–H groups in total. The summed E-state index contributed by atoms with van der Waals surface area (Å²) in [5.74, 6) is -2.11. The highest BCUT2D eigenvalue weighted by Gasteiger charge is 2.46. The summed E-state index contributed by atoms with van der Waals surface area (Å²) in [4.78, 5) is 35.8. The van der Waals surface area contributed by atoms with Crippen molar-refractivity contribution >= 4 is 40.0 Å². The number of aromatic nitrogens is 2. The number of anilines is 1. The first-order chi connectivity index (χ1) is 16.1. The van der Waals surface area contributed by atoms with Gasteiger partial charge in [-0.05, 0) is 46.2 Å². The molecule has 0 spiro atoms. The summed E-state index contributed by atoms with van der Waals surface area (Å²) in [6, 6.07) is 14.2. The third kappa shape index (κ3) is 3.60. The number of rotatable bonds is 4. The largest absolute Gasteiger partial charge is 0.503 e. The summed E-state index contributed by atoms with van der Waals surface area (Å²) >= 11 is 1.24. The van der Waals surface area contributed by atoms with Crippen molar-refractivity contribution in [1.29, 1.82) is 0 Å². The molecule has 0 bridgehead atoms. The number of hydrogen-bond acceptors (Lipinski definition) is 5. The first-order valence-corrected chi connectivity index (χ1v) is 11.6. The summed E-state index contributed by atoms with van der Waals surface area (Å²) in [5.41, 5.74) is 2.51.